The van der Waals surface area contributed by atoms with Crippen LogP contribution in [0, 0.1) is 11.8 Å². The van der Waals surface area contributed by atoms with Gasteiger partial charge in [-0.1, -0.05) is 62.6 Å². The lowest BCUT2D eigenvalue weighted by Crippen LogP contribution is -2.44. The fourth-order valence-corrected chi connectivity index (χ4v) is 4.86. The number of nitrogens with one attached hydrogen (secondary N) is 2. The maximum absolute atomic E-state index is 12.6. The van der Waals surface area contributed by atoms with Gasteiger partial charge in [-0.2, -0.15) is 0 Å². The monoisotopic (exact) mass is 564 g/mol. The van der Waals surface area contributed by atoms with Gasteiger partial charge in [-0.05, 0) is 61.6 Å². The first kappa shape index (κ1) is 25.6. The van der Waals surface area contributed by atoms with Gasteiger partial charge in [0.25, 0.3) is 5.88 Å². The van der Waals surface area contributed by atoms with Crippen molar-refractivity contribution in [2.24, 2.45) is 11.8 Å². The van der Waals surface area contributed by atoms with Gasteiger partial charge in [-0.15, -0.1) is 0 Å². The van der Waals surface area contributed by atoms with E-state index in [-0.39, 0.29) is 12.2 Å². The summed E-state index contributed by atoms with van der Waals surface area (Å²) in [6.07, 6.45) is 10.2. The molecular weight excluding hydrogens is 536 g/mol. The van der Waals surface area contributed by atoms with Crippen LogP contribution >= 0.6 is 27.5 Å². The number of hydrogen-bond acceptors (Lipinski definition) is 5. The molecule has 1 amide bonds. The first-order chi connectivity index (χ1) is 16.9. The second kappa shape index (κ2) is 12.0. The number of halogens is 2. The van der Waals surface area contributed by atoms with Crippen molar-refractivity contribution in [2.75, 3.05) is 19.6 Å². The number of carbonyl (C=O) groups is 1. The molecule has 0 saturated carbocycles. The van der Waals surface area contributed by atoms with E-state index in [0.717, 1.165) is 41.6 Å². The highest BCUT2D eigenvalue weighted by Crippen LogP contribution is 2.24. The van der Waals surface area contributed by atoms with Crippen LogP contribution < -0.4 is 15.8 Å². The van der Waals surface area contributed by atoms with Crippen LogP contribution in [0.2, 0.25) is 5.02 Å². The zero-order valence-corrected chi connectivity index (χ0v) is 21.7. The number of allylic oxidation sites excluding steroid dienone is 3. The van der Waals surface area contributed by atoms with Crippen molar-refractivity contribution in [1.29, 1.82) is 0 Å². The molecule has 0 spiro atoms. The zero-order valence-electron chi connectivity index (χ0n) is 19.4. The van der Waals surface area contributed by atoms with Gasteiger partial charge in [-0.3, -0.25) is 0 Å². The third-order valence-corrected chi connectivity index (χ3v) is 7.39. The van der Waals surface area contributed by atoms with Crippen molar-refractivity contribution in [3.63, 3.8) is 0 Å². The van der Waals surface area contributed by atoms with E-state index in [1.165, 1.54) is 5.56 Å². The Morgan fingerprint density at radius 3 is 2.69 bits per heavy atom. The standard InChI is InChI=1S/C25H30BrClN4O4/c26-20-7-3-19(4-8-20)15-28-16-22-23(32)31(24(33)29-22)35-25(34)30-13-11-18(12-14-30)2-1-17-5-9-21(27)10-6-17/h3,5-10,18-19,28,32H,1-2,4,11-16H2,(H,29,33). The average Bonchev–Trinajstić information content (AvgIpc) is 3.12. The highest BCUT2D eigenvalue weighted by atomic mass is 79.9. The van der Waals surface area contributed by atoms with Crippen molar-refractivity contribution in [1.82, 2.24) is 19.9 Å². The Hall–Kier alpha value is -2.49. The molecule has 35 heavy (non-hydrogen) atoms. The Morgan fingerprint density at radius 2 is 2.00 bits per heavy atom. The van der Waals surface area contributed by atoms with Gasteiger partial charge in [0.05, 0.1) is 5.69 Å². The van der Waals surface area contributed by atoms with E-state index in [1.807, 2.05) is 30.3 Å². The van der Waals surface area contributed by atoms with E-state index < -0.39 is 17.7 Å². The summed E-state index contributed by atoms with van der Waals surface area (Å²) >= 11 is 9.38. The quantitative estimate of drug-likeness (QED) is 0.441. The maximum Gasteiger partial charge on any atom is 0.434 e. The first-order valence-electron chi connectivity index (χ1n) is 11.9. The molecule has 0 radical (unpaired) electrons. The summed E-state index contributed by atoms with van der Waals surface area (Å²) in [5.41, 5.74) is 0.846. The number of likely N-dealkylation sites (tertiary alicyclic amines) is 1. The second-order valence-electron chi connectivity index (χ2n) is 9.05. The molecule has 8 nitrogen and oxygen atoms in total. The topological polar surface area (TPSA) is 99.6 Å². The average molecular weight is 566 g/mol. The smallest absolute Gasteiger partial charge is 0.434 e. The molecule has 1 aromatic carbocycles. The number of nitrogens with zero attached hydrogens (tertiary/aromatic N) is 2. The Morgan fingerprint density at radius 1 is 1.26 bits per heavy atom. The Balaban J connectivity index is 1.22. The summed E-state index contributed by atoms with van der Waals surface area (Å²) in [4.78, 5) is 34.3. The molecule has 2 aromatic rings. The van der Waals surface area contributed by atoms with Gasteiger partial charge in [0.15, 0.2) is 0 Å². The number of hydrogen-bond donors (Lipinski definition) is 3. The third-order valence-electron chi connectivity index (χ3n) is 6.55. The van der Waals surface area contributed by atoms with Gasteiger partial charge in [-0.25, -0.2) is 9.59 Å². The van der Waals surface area contributed by atoms with Gasteiger partial charge in [0, 0.05) is 35.7 Å². The van der Waals surface area contributed by atoms with Gasteiger partial charge in [0.2, 0.25) is 0 Å². The summed E-state index contributed by atoms with van der Waals surface area (Å²) in [5.74, 6) is 0.459. The molecule has 1 atom stereocenters. The van der Waals surface area contributed by atoms with Crippen LogP contribution in [-0.4, -0.2) is 45.4 Å². The number of amides is 1. The van der Waals surface area contributed by atoms with E-state index in [9.17, 15) is 14.7 Å². The van der Waals surface area contributed by atoms with Crippen molar-refractivity contribution in [3.05, 3.63) is 73.7 Å². The van der Waals surface area contributed by atoms with Crippen molar-refractivity contribution in [3.8, 4) is 5.88 Å². The summed E-state index contributed by atoms with van der Waals surface area (Å²) in [7, 11) is 0. The minimum atomic E-state index is -0.685. The van der Waals surface area contributed by atoms with E-state index in [2.05, 4.69) is 38.4 Å². The Bertz CT molecular complexity index is 1130. The van der Waals surface area contributed by atoms with Crippen LogP contribution in [0.4, 0.5) is 4.79 Å². The van der Waals surface area contributed by atoms with E-state index in [4.69, 9.17) is 16.4 Å². The minimum Gasteiger partial charge on any atom is -0.491 e. The maximum atomic E-state index is 12.6. The fraction of sp³-hybridized carbons (Fsp3) is 0.440. The normalized spacial score (nSPS) is 18.5. The van der Waals surface area contributed by atoms with Crippen LogP contribution in [0.5, 0.6) is 5.88 Å². The van der Waals surface area contributed by atoms with Crippen molar-refractivity contribution in [2.45, 2.75) is 38.6 Å². The molecular formula is C25H30BrClN4O4. The number of carbonyl (C=O) groups excluding carboxylic acids is 1. The molecule has 2 aliphatic rings. The van der Waals surface area contributed by atoms with Crippen LogP contribution in [0.3, 0.4) is 0 Å². The minimum absolute atomic E-state index is 0.250. The summed E-state index contributed by atoms with van der Waals surface area (Å²) in [5, 5.41) is 14.4. The van der Waals surface area contributed by atoms with Crippen LogP contribution in [0.15, 0.2) is 51.8 Å². The molecule has 1 saturated heterocycles. The predicted molar refractivity (Wildman–Crippen MR) is 139 cm³/mol. The molecule has 4 rings (SSSR count). The van der Waals surface area contributed by atoms with Crippen molar-refractivity contribution >= 4 is 33.6 Å². The number of benzene rings is 1. The number of aromatic nitrogens is 2. The predicted octanol–water partition coefficient (Wildman–Crippen LogP) is 4.37. The molecule has 0 bridgehead atoms. The van der Waals surface area contributed by atoms with Gasteiger partial charge < -0.3 is 25.1 Å². The molecule has 1 aliphatic carbocycles. The highest BCUT2D eigenvalue weighted by molar-refractivity contribution is 9.11. The molecule has 1 fully saturated rings. The zero-order chi connectivity index (χ0) is 24.8. The van der Waals surface area contributed by atoms with Crippen LogP contribution in [0.1, 0.15) is 36.9 Å². The fourth-order valence-electron chi connectivity index (χ4n) is 4.40. The van der Waals surface area contributed by atoms with Gasteiger partial charge >= 0.3 is 11.8 Å². The first-order valence-corrected chi connectivity index (χ1v) is 13.0. The second-order valence-corrected chi connectivity index (χ2v) is 10.4. The van der Waals surface area contributed by atoms with Crippen molar-refractivity contribution < 1.29 is 14.7 Å². The SMILES string of the molecule is O=C(On1c(O)c(CNCC2C=CC(Br)=CC2)[nH]c1=O)N1CCC(CCc2ccc(Cl)cc2)CC1. The molecule has 188 valence electrons. The summed E-state index contributed by atoms with van der Waals surface area (Å²) < 4.78 is 1.70. The molecule has 3 N–H and O–H groups in total. The van der Waals surface area contributed by atoms with E-state index in [0.29, 0.717) is 36.2 Å². The lowest BCUT2D eigenvalue weighted by Gasteiger charge is -2.31. The lowest BCUT2D eigenvalue weighted by atomic mass is 9.91. The number of rotatable bonds is 8. The number of H-pyrrole nitrogens is 1. The lowest BCUT2D eigenvalue weighted by molar-refractivity contribution is 0.0678. The Kier molecular flexibility index (Phi) is 8.75. The summed E-state index contributed by atoms with van der Waals surface area (Å²) in [6, 6.07) is 7.90. The number of piperidine rings is 1. The number of aromatic amines is 1. The molecule has 10 heteroatoms. The Labute approximate surface area is 217 Å². The number of aryl methyl sites for hydroxylation is 1. The van der Waals surface area contributed by atoms with Crippen LogP contribution in [0.25, 0.3) is 0 Å². The van der Waals surface area contributed by atoms with Crippen LogP contribution in [-0.2, 0) is 13.0 Å². The molecule has 1 unspecified atom stereocenters. The number of aromatic hydroxyl groups is 1. The largest absolute Gasteiger partial charge is 0.491 e. The summed E-state index contributed by atoms with van der Waals surface area (Å²) in [6.45, 7) is 2.04. The number of imidazole rings is 1. The van der Waals surface area contributed by atoms with E-state index >= 15 is 0 Å². The molecule has 2 heterocycles. The highest BCUT2D eigenvalue weighted by Gasteiger charge is 2.26. The molecule has 1 aromatic heterocycles. The van der Waals surface area contributed by atoms with E-state index in [1.54, 1.807) is 4.90 Å². The van der Waals surface area contributed by atoms with Gasteiger partial charge in [0.1, 0.15) is 0 Å². The molecule has 1 aliphatic heterocycles. The third kappa shape index (κ3) is 7.02.